The van der Waals surface area contributed by atoms with Crippen molar-refractivity contribution in [2.24, 2.45) is 0 Å². The molecule has 2 rings (SSSR count). The van der Waals surface area contributed by atoms with Crippen molar-refractivity contribution in [2.75, 3.05) is 11.1 Å². The molecule has 3 nitrogen and oxygen atoms in total. The Kier molecular flexibility index (Phi) is 5.82. The summed E-state index contributed by atoms with van der Waals surface area (Å²) in [5.41, 5.74) is 8.32. The summed E-state index contributed by atoms with van der Waals surface area (Å²) in [6, 6.07) is 13.8. The van der Waals surface area contributed by atoms with Crippen LogP contribution < -0.4 is 11.1 Å². The van der Waals surface area contributed by atoms with Crippen molar-refractivity contribution in [3.8, 4) is 0 Å². The number of rotatable bonds is 5. The number of anilines is 2. The largest absolute Gasteiger partial charge is 0.397 e. The number of benzene rings is 2. The summed E-state index contributed by atoms with van der Waals surface area (Å²) >= 11 is 6.77. The van der Waals surface area contributed by atoms with Crippen LogP contribution in [-0.2, 0) is 11.2 Å². The Morgan fingerprint density at radius 1 is 1.14 bits per heavy atom. The molecular formula is C16H16Br2N2O. The number of halogens is 2. The Morgan fingerprint density at radius 2 is 1.86 bits per heavy atom. The maximum Gasteiger partial charge on any atom is 0.224 e. The second-order valence-corrected chi connectivity index (χ2v) is 6.51. The molecule has 0 aliphatic carbocycles. The molecule has 2 aromatic rings. The first-order chi connectivity index (χ1) is 10.1. The van der Waals surface area contributed by atoms with Gasteiger partial charge < -0.3 is 11.1 Å². The highest BCUT2D eigenvalue weighted by Gasteiger charge is 2.10. The second-order valence-electron chi connectivity index (χ2n) is 4.74. The van der Waals surface area contributed by atoms with Crippen molar-refractivity contribution < 1.29 is 4.79 Å². The van der Waals surface area contributed by atoms with E-state index in [1.807, 2.05) is 24.3 Å². The van der Waals surface area contributed by atoms with Gasteiger partial charge in [-0.3, -0.25) is 4.79 Å². The number of nitrogen functional groups attached to an aromatic ring is 1. The number of nitrogens with two attached hydrogens (primary N) is 1. The first-order valence-corrected chi connectivity index (χ1v) is 8.23. The number of nitrogens with one attached hydrogen (secondary N) is 1. The van der Waals surface area contributed by atoms with Crippen LogP contribution in [0.3, 0.4) is 0 Å². The van der Waals surface area contributed by atoms with Crippen LogP contribution in [0.25, 0.3) is 0 Å². The first-order valence-electron chi connectivity index (χ1n) is 6.64. The molecule has 0 unspecified atom stereocenters. The predicted octanol–water partition coefficient (Wildman–Crippen LogP) is 4.76. The van der Waals surface area contributed by atoms with Gasteiger partial charge in [-0.1, -0.05) is 46.3 Å². The quantitative estimate of drug-likeness (QED) is 0.697. The van der Waals surface area contributed by atoms with Gasteiger partial charge in [0.2, 0.25) is 5.91 Å². The van der Waals surface area contributed by atoms with E-state index in [-0.39, 0.29) is 5.91 Å². The molecule has 0 saturated carbocycles. The smallest absolute Gasteiger partial charge is 0.224 e. The SMILES string of the molecule is Nc1cc(Br)cc(Br)c1NC(=O)CCCc1ccccc1. The Labute approximate surface area is 141 Å². The van der Waals surface area contributed by atoms with Crippen molar-refractivity contribution in [1.82, 2.24) is 0 Å². The van der Waals surface area contributed by atoms with Crippen LogP contribution in [0.4, 0.5) is 11.4 Å². The van der Waals surface area contributed by atoms with Gasteiger partial charge in [0, 0.05) is 15.4 Å². The van der Waals surface area contributed by atoms with Gasteiger partial charge in [0.15, 0.2) is 0 Å². The molecular weight excluding hydrogens is 396 g/mol. The van der Waals surface area contributed by atoms with E-state index in [0.717, 1.165) is 21.8 Å². The fraction of sp³-hybridized carbons (Fsp3) is 0.188. The van der Waals surface area contributed by atoms with E-state index < -0.39 is 0 Å². The Hall–Kier alpha value is -1.33. The molecule has 0 atom stereocenters. The predicted molar refractivity (Wildman–Crippen MR) is 94.3 cm³/mol. The van der Waals surface area contributed by atoms with Gasteiger partial charge in [-0.2, -0.15) is 0 Å². The minimum absolute atomic E-state index is 0.0272. The van der Waals surface area contributed by atoms with Crippen LogP contribution in [0.5, 0.6) is 0 Å². The Bertz CT molecular complexity index is 606. The van der Waals surface area contributed by atoms with Crippen LogP contribution in [0.15, 0.2) is 51.4 Å². The average molecular weight is 412 g/mol. The van der Waals surface area contributed by atoms with Crippen LogP contribution in [-0.4, -0.2) is 5.91 Å². The molecule has 0 bridgehead atoms. The highest BCUT2D eigenvalue weighted by Crippen LogP contribution is 2.32. The number of carbonyl (C=O) groups excluding carboxylic acids is 1. The maximum atomic E-state index is 12.0. The summed E-state index contributed by atoms with van der Waals surface area (Å²) in [4.78, 5) is 12.0. The summed E-state index contributed by atoms with van der Waals surface area (Å²) in [6.07, 6.45) is 2.17. The summed E-state index contributed by atoms with van der Waals surface area (Å²) < 4.78 is 1.64. The zero-order chi connectivity index (χ0) is 15.2. The molecule has 5 heteroatoms. The van der Waals surface area contributed by atoms with E-state index >= 15 is 0 Å². The van der Waals surface area contributed by atoms with Crippen LogP contribution in [0.2, 0.25) is 0 Å². The van der Waals surface area contributed by atoms with Gasteiger partial charge in [0.1, 0.15) is 0 Å². The van der Waals surface area contributed by atoms with Crippen LogP contribution in [0.1, 0.15) is 18.4 Å². The van der Waals surface area contributed by atoms with E-state index in [2.05, 4.69) is 49.3 Å². The molecule has 0 heterocycles. The fourth-order valence-corrected chi connectivity index (χ4v) is 3.38. The molecule has 0 spiro atoms. The maximum absolute atomic E-state index is 12.0. The molecule has 3 N–H and O–H groups in total. The van der Waals surface area contributed by atoms with Gasteiger partial charge in [-0.15, -0.1) is 0 Å². The third kappa shape index (κ3) is 4.86. The molecule has 21 heavy (non-hydrogen) atoms. The van der Waals surface area contributed by atoms with Crippen molar-refractivity contribution in [3.63, 3.8) is 0 Å². The van der Waals surface area contributed by atoms with Crippen molar-refractivity contribution in [3.05, 3.63) is 57.0 Å². The lowest BCUT2D eigenvalue weighted by atomic mass is 10.1. The van der Waals surface area contributed by atoms with Crippen LogP contribution in [0, 0.1) is 0 Å². The lowest BCUT2D eigenvalue weighted by molar-refractivity contribution is -0.116. The number of hydrogen-bond donors (Lipinski definition) is 2. The van der Waals surface area contributed by atoms with Crippen LogP contribution >= 0.6 is 31.9 Å². The molecule has 0 saturated heterocycles. The van der Waals surface area contributed by atoms with E-state index in [1.54, 1.807) is 6.07 Å². The van der Waals surface area contributed by atoms with E-state index in [4.69, 9.17) is 5.73 Å². The van der Waals surface area contributed by atoms with Gasteiger partial charge in [0.05, 0.1) is 11.4 Å². The van der Waals surface area contributed by atoms with E-state index in [0.29, 0.717) is 17.8 Å². The van der Waals surface area contributed by atoms with Gasteiger partial charge in [-0.05, 0) is 46.5 Å². The number of hydrogen-bond acceptors (Lipinski definition) is 2. The Balaban J connectivity index is 1.88. The molecule has 2 aromatic carbocycles. The summed E-state index contributed by atoms with van der Waals surface area (Å²) in [7, 11) is 0. The van der Waals surface area contributed by atoms with Crippen molar-refractivity contribution in [2.45, 2.75) is 19.3 Å². The molecule has 0 aliphatic heterocycles. The van der Waals surface area contributed by atoms with E-state index in [9.17, 15) is 4.79 Å². The Morgan fingerprint density at radius 3 is 2.52 bits per heavy atom. The zero-order valence-electron chi connectivity index (χ0n) is 11.4. The summed E-state index contributed by atoms with van der Waals surface area (Å²) in [6.45, 7) is 0. The highest BCUT2D eigenvalue weighted by molar-refractivity contribution is 9.11. The third-order valence-corrected chi connectivity index (χ3v) is 4.15. The number of aryl methyl sites for hydroxylation is 1. The second kappa shape index (κ2) is 7.61. The molecule has 1 amide bonds. The van der Waals surface area contributed by atoms with Gasteiger partial charge >= 0.3 is 0 Å². The van der Waals surface area contributed by atoms with Crippen molar-refractivity contribution >= 4 is 49.1 Å². The summed E-state index contributed by atoms with van der Waals surface area (Å²) in [5, 5.41) is 2.86. The average Bonchev–Trinajstić information content (AvgIpc) is 2.44. The molecule has 0 aromatic heterocycles. The minimum atomic E-state index is -0.0272. The van der Waals surface area contributed by atoms with Gasteiger partial charge in [-0.25, -0.2) is 0 Å². The first kappa shape index (κ1) is 16.0. The summed E-state index contributed by atoms with van der Waals surface area (Å²) in [5.74, 6) is -0.0272. The normalized spacial score (nSPS) is 10.4. The lowest BCUT2D eigenvalue weighted by Gasteiger charge is -2.11. The standard InChI is InChI=1S/C16H16Br2N2O/c17-12-9-13(18)16(14(19)10-12)20-15(21)8-4-7-11-5-2-1-3-6-11/h1-3,5-6,9-10H,4,7-8,19H2,(H,20,21). The number of carbonyl (C=O) groups is 1. The minimum Gasteiger partial charge on any atom is -0.397 e. The third-order valence-electron chi connectivity index (χ3n) is 3.06. The topological polar surface area (TPSA) is 55.1 Å². The molecule has 0 radical (unpaired) electrons. The number of amides is 1. The van der Waals surface area contributed by atoms with Crippen molar-refractivity contribution in [1.29, 1.82) is 0 Å². The highest BCUT2D eigenvalue weighted by atomic mass is 79.9. The fourth-order valence-electron chi connectivity index (χ4n) is 2.03. The molecule has 0 aliphatic rings. The lowest BCUT2D eigenvalue weighted by Crippen LogP contribution is -2.13. The van der Waals surface area contributed by atoms with Gasteiger partial charge in [0.25, 0.3) is 0 Å². The molecule has 110 valence electrons. The molecule has 0 fully saturated rings. The van der Waals surface area contributed by atoms with E-state index in [1.165, 1.54) is 5.56 Å². The zero-order valence-corrected chi connectivity index (χ0v) is 14.6. The monoisotopic (exact) mass is 410 g/mol.